The van der Waals surface area contributed by atoms with Crippen molar-refractivity contribution in [2.45, 2.75) is 27.3 Å². The van der Waals surface area contributed by atoms with Crippen molar-refractivity contribution in [3.05, 3.63) is 41.4 Å². The Bertz CT molecular complexity index is 507. The third kappa shape index (κ3) is 4.05. The lowest BCUT2D eigenvalue weighted by Gasteiger charge is -2.19. The molecular formula is C16H23N3S. The summed E-state index contributed by atoms with van der Waals surface area (Å²) in [5.41, 5.74) is 1.20. The number of aromatic nitrogens is 1. The number of para-hydroxylation sites is 1. The minimum Gasteiger partial charge on any atom is -0.318 e. The normalized spacial score (nSPS) is 11.0. The molecule has 0 spiro atoms. The molecule has 0 saturated heterocycles. The lowest BCUT2D eigenvalue weighted by molar-refractivity contribution is 0.554. The first-order valence-electron chi connectivity index (χ1n) is 7.18. The molecule has 0 aliphatic carbocycles. The van der Waals surface area contributed by atoms with E-state index in [2.05, 4.69) is 60.2 Å². The first-order valence-corrected chi connectivity index (χ1v) is 8.00. The third-order valence-corrected chi connectivity index (χ3v) is 4.03. The molecular weight excluding hydrogens is 266 g/mol. The van der Waals surface area contributed by atoms with E-state index in [1.54, 1.807) is 11.3 Å². The molecule has 0 amide bonds. The predicted molar refractivity (Wildman–Crippen MR) is 87.8 cm³/mol. The minimum absolute atomic E-state index is 0.679. The summed E-state index contributed by atoms with van der Waals surface area (Å²) in [6.07, 6.45) is 1.99. The van der Waals surface area contributed by atoms with Crippen LogP contribution >= 0.6 is 11.3 Å². The van der Waals surface area contributed by atoms with E-state index in [4.69, 9.17) is 0 Å². The highest BCUT2D eigenvalue weighted by atomic mass is 32.1. The fraction of sp³-hybridized carbons (Fsp3) is 0.438. The van der Waals surface area contributed by atoms with E-state index < -0.39 is 0 Å². The van der Waals surface area contributed by atoms with E-state index in [0.29, 0.717) is 5.92 Å². The van der Waals surface area contributed by atoms with Gasteiger partial charge in [-0.05, 0) is 31.5 Å². The van der Waals surface area contributed by atoms with Crippen LogP contribution in [0.25, 0.3) is 0 Å². The zero-order valence-corrected chi connectivity index (χ0v) is 13.3. The van der Waals surface area contributed by atoms with Crippen molar-refractivity contribution in [2.24, 2.45) is 5.92 Å². The van der Waals surface area contributed by atoms with E-state index >= 15 is 0 Å². The number of anilines is 2. The Morgan fingerprint density at radius 1 is 1.25 bits per heavy atom. The second-order valence-electron chi connectivity index (χ2n) is 5.21. The third-order valence-electron chi connectivity index (χ3n) is 3.01. The summed E-state index contributed by atoms with van der Waals surface area (Å²) >= 11 is 1.76. The van der Waals surface area contributed by atoms with Crippen LogP contribution in [0.15, 0.2) is 36.5 Å². The Hall–Kier alpha value is -1.39. The molecule has 0 bridgehead atoms. The molecule has 1 aromatic carbocycles. The van der Waals surface area contributed by atoms with Crippen LogP contribution in [-0.2, 0) is 6.54 Å². The number of thiazole rings is 1. The molecule has 0 unspecified atom stereocenters. The van der Waals surface area contributed by atoms with Gasteiger partial charge in [0.05, 0.1) is 0 Å². The molecule has 0 aliphatic rings. The standard InChI is InChI=1S/C16H23N3S/c1-4-19(14-8-6-5-7-9-14)16-18-12-15(20-16)11-17-10-13(2)3/h5-9,12-13,17H,4,10-11H2,1-3H3. The lowest BCUT2D eigenvalue weighted by Crippen LogP contribution is -2.18. The fourth-order valence-corrected chi connectivity index (χ4v) is 2.99. The van der Waals surface area contributed by atoms with Gasteiger partial charge in [0.15, 0.2) is 5.13 Å². The Kier molecular flexibility index (Phi) is 5.56. The number of rotatable bonds is 7. The molecule has 1 heterocycles. The van der Waals surface area contributed by atoms with Crippen LogP contribution < -0.4 is 10.2 Å². The van der Waals surface area contributed by atoms with Gasteiger partial charge in [0.1, 0.15) is 0 Å². The van der Waals surface area contributed by atoms with Crippen molar-refractivity contribution in [3.63, 3.8) is 0 Å². The molecule has 0 saturated carbocycles. The maximum atomic E-state index is 4.57. The highest BCUT2D eigenvalue weighted by molar-refractivity contribution is 7.15. The fourth-order valence-electron chi connectivity index (χ4n) is 2.02. The molecule has 3 nitrogen and oxygen atoms in total. The summed E-state index contributed by atoms with van der Waals surface area (Å²) in [6, 6.07) is 10.4. The van der Waals surface area contributed by atoms with Crippen LogP contribution in [0.3, 0.4) is 0 Å². The van der Waals surface area contributed by atoms with E-state index in [0.717, 1.165) is 24.8 Å². The molecule has 0 radical (unpaired) electrons. The van der Waals surface area contributed by atoms with Crippen LogP contribution in [0.1, 0.15) is 25.6 Å². The van der Waals surface area contributed by atoms with Crippen molar-refractivity contribution < 1.29 is 0 Å². The molecule has 108 valence electrons. The van der Waals surface area contributed by atoms with Crippen molar-refractivity contribution in [1.82, 2.24) is 10.3 Å². The summed E-state index contributed by atoms with van der Waals surface area (Å²) < 4.78 is 0. The molecule has 2 aromatic rings. The quantitative estimate of drug-likeness (QED) is 0.833. The van der Waals surface area contributed by atoms with Crippen LogP contribution in [0, 0.1) is 5.92 Å². The van der Waals surface area contributed by atoms with Crippen LogP contribution in [0.2, 0.25) is 0 Å². The summed E-state index contributed by atoms with van der Waals surface area (Å²) in [7, 11) is 0. The SMILES string of the molecule is CCN(c1ccccc1)c1ncc(CNCC(C)C)s1. The summed E-state index contributed by atoms with van der Waals surface area (Å²) in [5, 5.41) is 4.53. The zero-order valence-electron chi connectivity index (χ0n) is 12.5. The molecule has 0 atom stereocenters. The molecule has 0 aliphatic heterocycles. The highest BCUT2D eigenvalue weighted by Crippen LogP contribution is 2.29. The number of hydrogen-bond acceptors (Lipinski definition) is 4. The first kappa shape index (κ1) is 15.0. The summed E-state index contributed by atoms with van der Waals surface area (Å²) in [6.45, 7) is 9.48. The van der Waals surface area contributed by atoms with Gasteiger partial charge in [0.2, 0.25) is 0 Å². The monoisotopic (exact) mass is 289 g/mol. The Morgan fingerprint density at radius 3 is 2.65 bits per heavy atom. The number of benzene rings is 1. The van der Waals surface area contributed by atoms with Gasteiger partial charge in [-0.1, -0.05) is 32.0 Å². The van der Waals surface area contributed by atoms with Crippen molar-refractivity contribution in [1.29, 1.82) is 0 Å². The number of nitrogens with zero attached hydrogens (tertiary/aromatic N) is 2. The first-order chi connectivity index (χ1) is 9.70. The van der Waals surface area contributed by atoms with E-state index in [9.17, 15) is 0 Å². The Labute approximate surface area is 125 Å². The topological polar surface area (TPSA) is 28.2 Å². The molecule has 2 rings (SSSR count). The van der Waals surface area contributed by atoms with Crippen molar-refractivity contribution >= 4 is 22.2 Å². The van der Waals surface area contributed by atoms with Gasteiger partial charge in [-0.2, -0.15) is 0 Å². The van der Waals surface area contributed by atoms with Gasteiger partial charge >= 0.3 is 0 Å². The molecule has 0 fully saturated rings. The predicted octanol–water partition coefficient (Wildman–Crippen LogP) is 4.05. The van der Waals surface area contributed by atoms with Crippen LogP contribution in [0.4, 0.5) is 10.8 Å². The van der Waals surface area contributed by atoms with Gasteiger partial charge in [-0.25, -0.2) is 4.98 Å². The number of hydrogen-bond donors (Lipinski definition) is 1. The van der Waals surface area contributed by atoms with Gasteiger partial charge in [0, 0.05) is 29.9 Å². The van der Waals surface area contributed by atoms with E-state index in [1.807, 2.05) is 12.3 Å². The largest absolute Gasteiger partial charge is 0.318 e. The second kappa shape index (κ2) is 7.41. The average Bonchev–Trinajstić information content (AvgIpc) is 2.89. The maximum Gasteiger partial charge on any atom is 0.190 e. The summed E-state index contributed by atoms with van der Waals surface area (Å²) in [4.78, 5) is 8.10. The van der Waals surface area contributed by atoms with Crippen molar-refractivity contribution in [2.75, 3.05) is 18.0 Å². The van der Waals surface area contributed by atoms with Gasteiger partial charge < -0.3 is 10.2 Å². The molecule has 1 N–H and O–H groups in total. The van der Waals surface area contributed by atoms with E-state index in [-0.39, 0.29) is 0 Å². The van der Waals surface area contributed by atoms with Crippen LogP contribution in [-0.4, -0.2) is 18.1 Å². The maximum absolute atomic E-state index is 4.57. The van der Waals surface area contributed by atoms with Crippen molar-refractivity contribution in [3.8, 4) is 0 Å². The Balaban J connectivity index is 2.03. The van der Waals surface area contributed by atoms with Gasteiger partial charge in [-0.15, -0.1) is 11.3 Å². The summed E-state index contributed by atoms with van der Waals surface area (Å²) in [5.74, 6) is 0.679. The molecule has 4 heteroatoms. The second-order valence-corrected chi connectivity index (χ2v) is 6.31. The zero-order chi connectivity index (χ0) is 14.4. The smallest absolute Gasteiger partial charge is 0.190 e. The lowest BCUT2D eigenvalue weighted by atomic mass is 10.2. The molecule has 20 heavy (non-hydrogen) atoms. The molecule has 1 aromatic heterocycles. The Morgan fingerprint density at radius 2 is 2.00 bits per heavy atom. The number of nitrogens with one attached hydrogen (secondary N) is 1. The van der Waals surface area contributed by atoms with Crippen LogP contribution in [0.5, 0.6) is 0 Å². The minimum atomic E-state index is 0.679. The van der Waals surface area contributed by atoms with E-state index in [1.165, 1.54) is 10.6 Å². The van der Waals surface area contributed by atoms with Gasteiger partial charge in [0.25, 0.3) is 0 Å². The highest BCUT2D eigenvalue weighted by Gasteiger charge is 2.11. The average molecular weight is 289 g/mol. The van der Waals surface area contributed by atoms with Gasteiger partial charge in [-0.3, -0.25) is 0 Å².